The van der Waals surface area contributed by atoms with Crippen molar-refractivity contribution in [3.8, 4) is 0 Å². The van der Waals surface area contributed by atoms with E-state index in [0.29, 0.717) is 6.42 Å². The summed E-state index contributed by atoms with van der Waals surface area (Å²) in [5, 5.41) is 2.85. The molecule has 0 aliphatic heterocycles. The second-order valence-corrected chi connectivity index (χ2v) is 1.56. The molecule has 0 atom stereocenters. The topological polar surface area (TPSA) is 29.1 Å². The molecule has 0 fully saturated rings. The van der Waals surface area contributed by atoms with E-state index < -0.39 is 0 Å². The Labute approximate surface area is 49.6 Å². The molecule has 0 aromatic heterocycles. The number of nitrogens with one attached hydrogen (secondary N) is 1. The minimum absolute atomic E-state index is 0.569. The predicted octanol–water partition coefficient (Wildman–Crippen LogP) is 0.699. The van der Waals surface area contributed by atoms with Crippen LogP contribution in [0.15, 0.2) is 12.3 Å². The third-order valence-electron chi connectivity index (χ3n) is 0.918. The van der Waals surface area contributed by atoms with Crippen LogP contribution in [0.3, 0.4) is 0 Å². The maximum absolute atomic E-state index is 9.76. The van der Waals surface area contributed by atoms with E-state index in [-0.39, 0.29) is 0 Å². The Morgan fingerprint density at radius 2 is 2.50 bits per heavy atom. The van der Waals surface area contributed by atoms with Gasteiger partial charge >= 0.3 is 0 Å². The number of aldehydes is 1. The second-order valence-electron chi connectivity index (χ2n) is 1.56. The monoisotopic (exact) mass is 113 g/mol. The third-order valence-corrected chi connectivity index (χ3v) is 0.918. The Bertz CT molecular complexity index is 88.5. The highest BCUT2D eigenvalue weighted by atomic mass is 16.1. The van der Waals surface area contributed by atoms with Crippen molar-refractivity contribution in [3.63, 3.8) is 0 Å². The first kappa shape index (κ1) is 7.21. The molecular weight excluding hydrogens is 102 g/mol. The predicted molar refractivity (Wildman–Crippen MR) is 33.5 cm³/mol. The van der Waals surface area contributed by atoms with Crippen molar-refractivity contribution in [1.82, 2.24) is 5.32 Å². The molecule has 8 heavy (non-hydrogen) atoms. The lowest BCUT2D eigenvalue weighted by molar-refractivity contribution is -0.107. The number of hydrogen-bond donors (Lipinski definition) is 1. The fourth-order valence-corrected chi connectivity index (χ4v) is 0.358. The normalized spacial score (nSPS) is 8.12. The molecule has 0 bridgehead atoms. The van der Waals surface area contributed by atoms with Gasteiger partial charge in [-0.05, 0) is 6.42 Å². The number of allylic oxidation sites excluding steroid dienone is 1. The largest absolute Gasteiger partial charge is 0.392 e. The minimum atomic E-state index is 0.569. The van der Waals surface area contributed by atoms with Crippen molar-refractivity contribution in [1.29, 1.82) is 0 Å². The first-order valence-corrected chi connectivity index (χ1v) is 2.60. The molecular formula is C6H11NO. The molecule has 0 heterocycles. The molecule has 0 rings (SSSR count). The molecule has 0 amide bonds. The fraction of sp³-hybridized carbons (Fsp3) is 0.500. The van der Waals surface area contributed by atoms with E-state index in [0.717, 1.165) is 18.4 Å². The van der Waals surface area contributed by atoms with Gasteiger partial charge in [-0.1, -0.05) is 6.58 Å². The van der Waals surface area contributed by atoms with Gasteiger partial charge in [0.2, 0.25) is 0 Å². The number of hydrogen-bond acceptors (Lipinski definition) is 2. The zero-order chi connectivity index (χ0) is 6.41. The van der Waals surface area contributed by atoms with Gasteiger partial charge in [-0.2, -0.15) is 0 Å². The standard InChI is InChI=1S/C6H11NO/c1-6(7-2)4-3-5-8/h5,7H,1,3-4H2,2H3. The number of carbonyl (C=O) groups excluding carboxylic acids is 1. The molecule has 0 aliphatic carbocycles. The Hall–Kier alpha value is -0.790. The second kappa shape index (κ2) is 4.37. The molecule has 0 unspecified atom stereocenters. The van der Waals surface area contributed by atoms with Crippen LogP contribution >= 0.6 is 0 Å². The highest BCUT2D eigenvalue weighted by Gasteiger charge is 1.85. The van der Waals surface area contributed by atoms with E-state index in [4.69, 9.17) is 0 Å². The van der Waals surface area contributed by atoms with Gasteiger partial charge in [0, 0.05) is 19.2 Å². The Morgan fingerprint density at radius 3 is 2.88 bits per heavy atom. The van der Waals surface area contributed by atoms with Gasteiger partial charge in [-0.25, -0.2) is 0 Å². The Kier molecular flexibility index (Phi) is 3.94. The van der Waals surface area contributed by atoms with E-state index in [9.17, 15) is 4.79 Å². The van der Waals surface area contributed by atoms with E-state index >= 15 is 0 Å². The molecule has 2 nitrogen and oxygen atoms in total. The van der Waals surface area contributed by atoms with Crippen LogP contribution in [0, 0.1) is 0 Å². The first-order valence-electron chi connectivity index (χ1n) is 2.60. The van der Waals surface area contributed by atoms with Crippen LogP contribution in [0.4, 0.5) is 0 Å². The average molecular weight is 113 g/mol. The summed E-state index contributed by atoms with van der Waals surface area (Å²) in [6.07, 6.45) is 2.21. The molecule has 0 saturated heterocycles. The molecule has 0 saturated carbocycles. The summed E-state index contributed by atoms with van der Waals surface area (Å²) in [4.78, 5) is 9.76. The third kappa shape index (κ3) is 3.40. The number of carbonyl (C=O) groups is 1. The molecule has 0 aromatic carbocycles. The Balaban J connectivity index is 3.11. The van der Waals surface area contributed by atoms with Gasteiger partial charge in [0.05, 0.1) is 0 Å². The summed E-state index contributed by atoms with van der Waals surface area (Å²) in [6, 6.07) is 0. The van der Waals surface area contributed by atoms with E-state index in [1.54, 1.807) is 7.05 Å². The van der Waals surface area contributed by atoms with Crippen molar-refractivity contribution in [3.05, 3.63) is 12.3 Å². The van der Waals surface area contributed by atoms with Gasteiger partial charge in [0.1, 0.15) is 6.29 Å². The minimum Gasteiger partial charge on any atom is -0.392 e. The van der Waals surface area contributed by atoms with Crippen LogP contribution in [0.2, 0.25) is 0 Å². The van der Waals surface area contributed by atoms with Crippen LogP contribution in [-0.4, -0.2) is 13.3 Å². The molecule has 2 heteroatoms. The molecule has 1 N–H and O–H groups in total. The summed E-state index contributed by atoms with van der Waals surface area (Å²) in [5.74, 6) is 0. The maximum atomic E-state index is 9.76. The average Bonchev–Trinajstić information content (AvgIpc) is 1.83. The van der Waals surface area contributed by atoms with E-state index in [1.807, 2.05) is 0 Å². The van der Waals surface area contributed by atoms with E-state index in [2.05, 4.69) is 11.9 Å². The zero-order valence-corrected chi connectivity index (χ0v) is 5.11. The first-order chi connectivity index (χ1) is 3.81. The summed E-state index contributed by atoms with van der Waals surface area (Å²) in [6.45, 7) is 3.64. The zero-order valence-electron chi connectivity index (χ0n) is 5.11. The fourth-order valence-electron chi connectivity index (χ4n) is 0.358. The van der Waals surface area contributed by atoms with Gasteiger partial charge in [-0.15, -0.1) is 0 Å². The molecule has 0 radical (unpaired) electrons. The Morgan fingerprint density at radius 1 is 1.88 bits per heavy atom. The summed E-state index contributed by atoms with van der Waals surface area (Å²) < 4.78 is 0. The van der Waals surface area contributed by atoms with Gasteiger partial charge in [-0.3, -0.25) is 0 Å². The molecule has 0 spiro atoms. The van der Waals surface area contributed by atoms with Crippen molar-refractivity contribution < 1.29 is 4.79 Å². The van der Waals surface area contributed by atoms with Crippen molar-refractivity contribution >= 4 is 6.29 Å². The lowest BCUT2D eigenvalue weighted by Crippen LogP contribution is -2.03. The quantitative estimate of drug-likeness (QED) is 0.544. The highest BCUT2D eigenvalue weighted by Crippen LogP contribution is 1.92. The SMILES string of the molecule is C=C(CCC=O)NC. The maximum Gasteiger partial charge on any atom is 0.120 e. The van der Waals surface area contributed by atoms with Crippen molar-refractivity contribution in [2.75, 3.05) is 7.05 Å². The van der Waals surface area contributed by atoms with Crippen molar-refractivity contribution in [2.24, 2.45) is 0 Å². The van der Waals surface area contributed by atoms with Crippen LogP contribution in [-0.2, 0) is 4.79 Å². The lowest BCUT2D eigenvalue weighted by atomic mass is 10.3. The van der Waals surface area contributed by atoms with Crippen LogP contribution in [0.25, 0.3) is 0 Å². The lowest BCUT2D eigenvalue weighted by Gasteiger charge is -1.97. The molecule has 46 valence electrons. The van der Waals surface area contributed by atoms with Gasteiger partial charge in [0.15, 0.2) is 0 Å². The van der Waals surface area contributed by atoms with Crippen LogP contribution < -0.4 is 5.32 Å². The summed E-state index contributed by atoms with van der Waals surface area (Å²) in [7, 11) is 1.80. The highest BCUT2D eigenvalue weighted by molar-refractivity contribution is 5.49. The number of rotatable bonds is 4. The summed E-state index contributed by atoms with van der Waals surface area (Å²) in [5.41, 5.74) is 0.914. The van der Waals surface area contributed by atoms with Crippen LogP contribution in [0.5, 0.6) is 0 Å². The summed E-state index contributed by atoms with van der Waals surface area (Å²) >= 11 is 0. The van der Waals surface area contributed by atoms with Gasteiger partial charge in [0.25, 0.3) is 0 Å². The van der Waals surface area contributed by atoms with Crippen LogP contribution in [0.1, 0.15) is 12.8 Å². The molecule has 0 aliphatic rings. The molecule has 0 aromatic rings. The van der Waals surface area contributed by atoms with Gasteiger partial charge < -0.3 is 10.1 Å². The smallest absolute Gasteiger partial charge is 0.120 e. The van der Waals surface area contributed by atoms with E-state index in [1.165, 1.54) is 0 Å². The van der Waals surface area contributed by atoms with Crippen molar-refractivity contribution in [2.45, 2.75) is 12.8 Å².